The van der Waals surface area contributed by atoms with Crippen LogP contribution in [0.15, 0.2) is 0 Å². The van der Waals surface area contributed by atoms with E-state index >= 15 is 0 Å². The number of nitrogens with zero attached hydrogens (tertiary/aromatic N) is 2. The van der Waals surface area contributed by atoms with Crippen molar-refractivity contribution in [3.63, 3.8) is 0 Å². The average Bonchev–Trinajstić information content (AvgIpc) is 3.08. The molecular formula is C16H28N2O3. The van der Waals surface area contributed by atoms with Gasteiger partial charge in [0.05, 0.1) is 5.41 Å². The van der Waals surface area contributed by atoms with Crippen LogP contribution in [0.5, 0.6) is 0 Å². The summed E-state index contributed by atoms with van der Waals surface area (Å²) in [4.78, 5) is 28.1. The SMILES string of the molecule is CCN1CCCC1CN(C)C(=O)CC1(C(=O)O)CCCC1. The summed E-state index contributed by atoms with van der Waals surface area (Å²) >= 11 is 0. The predicted octanol–water partition coefficient (Wildman–Crippen LogP) is 1.96. The van der Waals surface area contributed by atoms with Crippen LogP contribution in [0.25, 0.3) is 0 Å². The van der Waals surface area contributed by atoms with Gasteiger partial charge < -0.3 is 10.0 Å². The van der Waals surface area contributed by atoms with Gasteiger partial charge in [-0.25, -0.2) is 0 Å². The second-order valence-electron chi connectivity index (χ2n) is 6.67. The maximum atomic E-state index is 12.4. The Morgan fingerprint density at radius 3 is 2.52 bits per heavy atom. The number of aliphatic carboxylic acids is 1. The molecule has 0 aromatic carbocycles. The van der Waals surface area contributed by atoms with Crippen molar-refractivity contribution in [3.8, 4) is 0 Å². The van der Waals surface area contributed by atoms with Crippen LogP contribution in [0, 0.1) is 5.41 Å². The van der Waals surface area contributed by atoms with Crippen molar-refractivity contribution in [1.82, 2.24) is 9.80 Å². The lowest BCUT2D eigenvalue weighted by Crippen LogP contribution is -2.43. The molecular weight excluding hydrogens is 268 g/mol. The molecule has 1 amide bonds. The fourth-order valence-electron chi connectivity index (χ4n) is 3.88. The Bertz CT molecular complexity index is 391. The molecule has 1 unspecified atom stereocenters. The summed E-state index contributed by atoms with van der Waals surface area (Å²) in [5.41, 5.74) is -0.800. The monoisotopic (exact) mass is 296 g/mol. The molecule has 120 valence electrons. The molecule has 2 fully saturated rings. The second-order valence-corrected chi connectivity index (χ2v) is 6.67. The first-order valence-corrected chi connectivity index (χ1v) is 8.20. The standard InChI is InChI=1S/C16H28N2O3/c1-3-18-10-6-7-13(18)12-17(2)14(19)11-16(15(20)21)8-4-5-9-16/h13H,3-12H2,1-2H3,(H,20,21). The van der Waals surface area contributed by atoms with Gasteiger partial charge in [-0.05, 0) is 38.8 Å². The molecule has 21 heavy (non-hydrogen) atoms. The van der Waals surface area contributed by atoms with E-state index in [1.54, 1.807) is 4.90 Å². The Labute approximate surface area is 127 Å². The lowest BCUT2D eigenvalue weighted by Gasteiger charge is -2.30. The summed E-state index contributed by atoms with van der Waals surface area (Å²) in [6.07, 6.45) is 5.64. The van der Waals surface area contributed by atoms with Crippen molar-refractivity contribution >= 4 is 11.9 Å². The van der Waals surface area contributed by atoms with Crippen molar-refractivity contribution < 1.29 is 14.7 Å². The molecule has 1 saturated heterocycles. The smallest absolute Gasteiger partial charge is 0.310 e. The Balaban J connectivity index is 1.91. The molecule has 1 saturated carbocycles. The van der Waals surface area contributed by atoms with Crippen LogP contribution >= 0.6 is 0 Å². The minimum Gasteiger partial charge on any atom is -0.481 e. The molecule has 0 bridgehead atoms. The Kier molecular flexibility index (Phi) is 5.25. The molecule has 2 aliphatic rings. The zero-order valence-electron chi connectivity index (χ0n) is 13.3. The molecule has 0 spiro atoms. The number of carbonyl (C=O) groups is 2. The molecule has 1 heterocycles. The van der Waals surface area contributed by atoms with Gasteiger partial charge in [-0.2, -0.15) is 0 Å². The number of carboxylic acids is 1. The van der Waals surface area contributed by atoms with Gasteiger partial charge in [0.25, 0.3) is 0 Å². The minimum atomic E-state index is -0.800. The third-order valence-corrected chi connectivity index (χ3v) is 5.32. The summed E-state index contributed by atoms with van der Waals surface area (Å²) in [7, 11) is 1.82. The number of rotatable bonds is 6. The van der Waals surface area contributed by atoms with Crippen molar-refractivity contribution in [2.75, 3.05) is 26.7 Å². The van der Waals surface area contributed by atoms with Crippen molar-refractivity contribution in [2.45, 2.75) is 57.9 Å². The van der Waals surface area contributed by atoms with Crippen LogP contribution in [0.4, 0.5) is 0 Å². The van der Waals surface area contributed by atoms with E-state index in [1.807, 2.05) is 7.05 Å². The Morgan fingerprint density at radius 2 is 1.95 bits per heavy atom. The number of likely N-dealkylation sites (N-methyl/N-ethyl adjacent to an activating group) is 2. The van der Waals surface area contributed by atoms with Gasteiger partial charge in [0, 0.05) is 26.1 Å². The zero-order chi connectivity index (χ0) is 15.5. The molecule has 1 N–H and O–H groups in total. The largest absolute Gasteiger partial charge is 0.481 e. The zero-order valence-corrected chi connectivity index (χ0v) is 13.3. The van der Waals surface area contributed by atoms with Gasteiger partial charge >= 0.3 is 5.97 Å². The molecule has 5 heteroatoms. The van der Waals surface area contributed by atoms with Crippen LogP contribution in [-0.2, 0) is 9.59 Å². The number of carboxylic acid groups (broad SMARTS) is 1. The summed E-state index contributed by atoms with van der Waals surface area (Å²) in [6, 6.07) is 0.438. The Hall–Kier alpha value is -1.10. The fourth-order valence-corrected chi connectivity index (χ4v) is 3.88. The van der Waals surface area contributed by atoms with Crippen LogP contribution < -0.4 is 0 Å². The quantitative estimate of drug-likeness (QED) is 0.814. The first kappa shape index (κ1) is 16.3. The molecule has 1 atom stereocenters. The molecule has 5 nitrogen and oxygen atoms in total. The van der Waals surface area contributed by atoms with Crippen molar-refractivity contribution in [2.24, 2.45) is 5.41 Å². The first-order chi connectivity index (χ1) is 9.98. The highest BCUT2D eigenvalue weighted by atomic mass is 16.4. The van der Waals surface area contributed by atoms with E-state index in [4.69, 9.17) is 0 Å². The van der Waals surface area contributed by atoms with Gasteiger partial charge in [0.15, 0.2) is 0 Å². The summed E-state index contributed by atoms with van der Waals surface area (Å²) < 4.78 is 0. The summed E-state index contributed by atoms with van der Waals surface area (Å²) in [5.74, 6) is -0.806. The molecule has 2 rings (SSSR count). The van der Waals surface area contributed by atoms with Gasteiger partial charge in [-0.3, -0.25) is 14.5 Å². The van der Waals surface area contributed by atoms with Gasteiger partial charge in [-0.15, -0.1) is 0 Å². The predicted molar refractivity (Wildman–Crippen MR) is 81.1 cm³/mol. The van der Waals surface area contributed by atoms with E-state index in [0.717, 1.165) is 38.9 Å². The van der Waals surface area contributed by atoms with Crippen molar-refractivity contribution in [1.29, 1.82) is 0 Å². The maximum Gasteiger partial charge on any atom is 0.310 e. The van der Waals surface area contributed by atoms with E-state index < -0.39 is 11.4 Å². The topological polar surface area (TPSA) is 60.9 Å². The van der Waals surface area contributed by atoms with E-state index in [-0.39, 0.29) is 12.3 Å². The van der Waals surface area contributed by atoms with E-state index in [0.29, 0.717) is 18.9 Å². The molecule has 0 aromatic heterocycles. The van der Waals surface area contributed by atoms with Gasteiger partial charge in [-0.1, -0.05) is 19.8 Å². The lowest BCUT2D eigenvalue weighted by molar-refractivity contribution is -0.153. The first-order valence-electron chi connectivity index (χ1n) is 8.20. The molecule has 0 aromatic rings. The van der Waals surface area contributed by atoms with Crippen LogP contribution in [0.3, 0.4) is 0 Å². The molecule has 0 radical (unpaired) electrons. The van der Waals surface area contributed by atoms with E-state index in [9.17, 15) is 14.7 Å². The minimum absolute atomic E-state index is 0.0118. The number of carbonyl (C=O) groups excluding carboxylic acids is 1. The lowest BCUT2D eigenvalue weighted by atomic mass is 9.82. The average molecular weight is 296 g/mol. The van der Waals surface area contributed by atoms with Crippen LogP contribution in [0.2, 0.25) is 0 Å². The maximum absolute atomic E-state index is 12.4. The fraction of sp³-hybridized carbons (Fsp3) is 0.875. The highest BCUT2D eigenvalue weighted by Crippen LogP contribution is 2.41. The number of likely N-dealkylation sites (tertiary alicyclic amines) is 1. The highest BCUT2D eigenvalue weighted by Gasteiger charge is 2.43. The number of hydrogen-bond donors (Lipinski definition) is 1. The van der Waals surface area contributed by atoms with Gasteiger partial charge in [0.2, 0.25) is 5.91 Å². The third-order valence-electron chi connectivity index (χ3n) is 5.32. The van der Waals surface area contributed by atoms with Gasteiger partial charge in [0.1, 0.15) is 0 Å². The molecule has 1 aliphatic carbocycles. The van der Waals surface area contributed by atoms with E-state index in [2.05, 4.69) is 11.8 Å². The summed E-state index contributed by atoms with van der Waals surface area (Å²) in [5, 5.41) is 9.48. The van der Waals surface area contributed by atoms with Crippen molar-refractivity contribution in [3.05, 3.63) is 0 Å². The Morgan fingerprint density at radius 1 is 1.29 bits per heavy atom. The van der Waals surface area contributed by atoms with Crippen LogP contribution in [0.1, 0.15) is 51.9 Å². The second kappa shape index (κ2) is 6.77. The third kappa shape index (κ3) is 3.57. The normalized spacial score (nSPS) is 25.1. The number of amides is 1. The molecule has 1 aliphatic heterocycles. The highest BCUT2D eigenvalue weighted by molar-refractivity contribution is 5.85. The van der Waals surface area contributed by atoms with E-state index in [1.165, 1.54) is 6.42 Å². The van der Waals surface area contributed by atoms with Crippen LogP contribution in [-0.4, -0.2) is 59.5 Å². The summed E-state index contributed by atoms with van der Waals surface area (Å²) in [6.45, 7) is 5.01. The number of hydrogen-bond acceptors (Lipinski definition) is 3.